The molecule has 0 aromatic carbocycles. The SMILES string of the molecule is [HH].c1cc(NC2CCOCC2)n2nc(Nc3cnc4cn[nH]c4c3)nc2c1. The normalized spacial score (nSPS) is 15.5. The Morgan fingerprint density at radius 3 is 3.08 bits per heavy atom. The zero-order valence-corrected chi connectivity index (χ0v) is 14.0. The van der Waals surface area contributed by atoms with Crippen molar-refractivity contribution in [2.24, 2.45) is 0 Å². The van der Waals surface area contributed by atoms with Crippen LogP contribution in [-0.2, 0) is 4.74 Å². The van der Waals surface area contributed by atoms with Crippen LogP contribution in [0, 0.1) is 0 Å². The molecule has 1 aliphatic rings. The molecule has 0 aliphatic carbocycles. The quantitative estimate of drug-likeness (QED) is 0.518. The molecule has 9 nitrogen and oxygen atoms in total. The molecule has 1 saturated heterocycles. The number of nitrogens with zero attached hydrogens (tertiary/aromatic N) is 5. The third-order valence-corrected chi connectivity index (χ3v) is 4.48. The van der Waals surface area contributed by atoms with Crippen molar-refractivity contribution in [3.63, 3.8) is 0 Å². The number of fused-ring (bicyclic) bond motifs is 2. The second-order valence-electron chi connectivity index (χ2n) is 6.30. The number of hydrogen-bond acceptors (Lipinski definition) is 7. The molecule has 0 atom stereocenters. The van der Waals surface area contributed by atoms with Crippen LogP contribution in [0.25, 0.3) is 16.7 Å². The third kappa shape index (κ3) is 2.82. The zero-order valence-electron chi connectivity index (χ0n) is 14.0. The summed E-state index contributed by atoms with van der Waals surface area (Å²) in [6.45, 7) is 1.59. The van der Waals surface area contributed by atoms with E-state index in [-0.39, 0.29) is 1.43 Å². The van der Waals surface area contributed by atoms with Crippen molar-refractivity contribution < 1.29 is 6.16 Å². The van der Waals surface area contributed by atoms with Crippen molar-refractivity contribution in [2.75, 3.05) is 23.8 Å². The molecule has 3 N–H and O–H groups in total. The summed E-state index contributed by atoms with van der Waals surface area (Å²) in [5.74, 6) is 1.45. The molecule has 134 valence electrons. The van der Waals surface area contributed by atoms with E-state index in [9.17, 15) is 0 Å². The van der Waals surface area contributed by atoms with Crippen LogP contribution in [0.5, 0.6) is 0 Å². The molecule has 0 amide bonds. The van der Waals surface area contributed by atoms with Crippen molar-refractivity contribution >= 4 is 34.1 Å². The maximum atomic E-state index is 5.42. The lowest BCUT2D eigenvalue weighted by Crippen LogP contribution is -2.28. The number of rotatable bonds is 4. The molecule has 4 aromatic heterocycles. The number of anilines is 3. The fraction of sp³-hybridized carbons (Fsp3) is 0.294. The average Bonchev–Trinajstić information content (AvgIpc) is 3.29. The van der Waals surface area contributed by atoms with E-state index in [0.717, 1.165) is 54.2 Å². The van der Waals surface area contributed by atoms with Crippen LogP contribution in [0.2, 0.25) is 0 Å². The van der Waals surface area contributed by atoms with Gasteiger partial charge in [-0.25, -0.2) is 0 Å². The predicted octanol–water partition coefficient (Wildman–Crippen LogP) is 2.58. The predicted molar refractivity (Wildman–Crippen MR) is 99.7 cm³/mol. The van der Waals surface area contributed by atoms with E-state index < -0.39 is 0 Å². The monoisotopic (exact) mass is 352 g/mol. The van der Waals surface area contributed by atoms with Gasteiger partial charge in [-0.15, -0.1) is 5.10 Å². The highest BCUT2D eigenvalue weighted by Crippen LogP contribution is 2.20. The van der Waals surface area contributed by atoms with Gasteiger partial charge in [0.15, 0.2) is 5.65 Å². The number of pyridine rings is 2. The number of nitrogens with one attached hydrogen (secondary N) is 3. The zero-order chi connectivity index (χ0) is 17.3. The Morgan fingerprint density at radius 1 is 1.23 bits per heavy atom. The van der Waals surface area contributed by atoms with Crippen LogP contribution in [0.3, 0.4) is 0 Å². The second-order valence-corrected chi connectivity index (χ2v) is 6.30. The first-order chi connectivity index (χ1) is 12.8. The van der Waals surface area contributed by atoms with E-state index in [0.29, 0.717) is 12.0 Å². The van der Waals surface area contributed by atoms with Gasteiger partial charge < -0.3 is 15.4 Å². The van der Waals surface area contributed by atoms with E-state index in [1.807, 2.05) is 28.8 Å². The van der Waals surface area contributed by atoms with Crippen LogP contribution >= 0.6 is 0 Å². The van der Waals surface area contributed by atoms with Crippen LogP contribution in [0.15, 0.2) is 36.7 Å². The van der Waals surface area contributed by atoms with Gasteiger partial charge in [-0.3, -0.25) is 10.1 Å². The highest BCUT2D eigenvalue weighted by Gasteiger charge is 2.15. The molecule has 0 saturated carbocycles. The third-order valence-electron chi connectivity index (χ3n) is 4.48. The number of aromatic nitrogens is 6. The fourth-order valence-electron chi connectivity index (χ4n) is 3.15. The largest absolute Gasteiger partial charge is 0.381 e. The van der Waals surface area contributed by atoms with E-state index >= 15 is 0 Å². The maximum Gasteiger partial charge on any atom is 0.247 e. The average molecular weight is 352 g/mol. The van der Waals surface area contributed by atoms with Gasteiger partial charge >= 0.3 is 0 Å². The smallest absolute Gasteiger partial charge is 0.247 e. The summed E-state index contributed by atoms with van der Waals surface area (Å²) in [4.78, 5) is 8.90. The number of aromatic amines is 1. The summed E-state index contributed by atoms with van der Waals surface area (Å²) < 4.78 is 7.24. The molecule has 5 heterocycles. The summed E-state index contributed by atoms with van der Waals surface area (Å²) in [6, 6.07) is 8.25. The van der Waals surface area contributed by atoms with Gasteiger partial charge in [0.1, 0.15) is 11.3 Å². The molecule has 0 bridgehead atoms. The lowest BCUT2D eigenvalue weighted by atomic mass is 10.1. The van der Waals surface area contributed by atoms with Gasteiger partial charge in [-0.05, 0) is 31.0 Å². The first-order valence-electron chi connectivity index (χ1n) is 8.61. The Balaban J connectivity index is 0.00000180. The molecule has 0 unspecified atom stereocenters. The number of ether oxygens (including phenoxy) is 1. The molecule has 0 spiro atoms. The van der Waals surface area contributed by atoms with Crippen molar-refractivity contribution in [3.8, 4) is 0 Å². The van der Waals surface area contributed by atoms with Crippen molar-refractivity contribution in [3.05, 3.63) is 36.7 Å². The van der Waals surface area contributed by atoms with Crippen molar-refractivity contribution in [2.45, 2.75) is 18.9 Å². The summed E-state index contributed by atoms with van der Waals surface area (Å²) in [5.41, 5.74) is 3.26. The van der Waals surface area contributed by atoms with Gasteiger partial charge in [-0.2, -0.15) is 14.6 Å². The maximum absolute atomic E-state index is 5.42. The van der Waals surface area contributed by atoms with E-state index in [2.05, 4.69) is 35.9 Å². The summed E-state index contributed by atoms with van der Waals surface area (Å²) in [7, 11) is 0. The highest BCUT2D eigenvalue weighted by atomic mass is 16.5. The number of hydrogen-bond donors (Lipinski definition) is 3. The molecule has 1 fully saturated rings. The van der Waals surface area contributed by atoms with Gasteiger partial charge in [0.2, 0.25) is 5.95 Å². The van der Waals surface area contributed by atoms with E-state index in [1.54, 1.807) is 12.4 Å². The lowest BCUT2D eigenvalue weighted by molar-refractivity contribution is 0.0903. The molecular weight excluding hydrogens is 332 g/mol. The number of H-pyrrole nitrogens is 1. The second kappa shape index (κ2) is 6.26. The van der Waals surface area contributed by atoms with Gasteiger partial charge in [0.05, 0.1) is 23.6 Å². The summed E-state index contributed by atoms with van der Waals surface area (Å²) >= 11 is 0. The molecule has 9 heteroatoms. The first kappa shape index (κ1) is 15.1. The standard InChI is InChI=1S/C17H18N8O.H2/c1-2-15(20-11-4-6-26-7-5-11)25-16(3-1)22-17(24-25)21-12-8-13-14(18-9-12)10-19-23-13;/h1-3,8-11,20H,4-7H2,(H,19,23)(H,21,24);1H. The lowest BCUT2D eigenvalue weighted by Gasteiger charge is -2.24. The van der Waals surface area contributed by atoms with Crippen LogP contribution in [0.1, 0.15) is 14.3 Å². The van der Waals surface area contributed by atoms with E-state index in [4.69, 9.17) is 4.74 Å². The van der Waals surface area contributed by atoms with Crippen LogP contribution in [-0.4, -0.2) is 49.0 Å². The van der Waals surface area contributed by atoms with Crippen LogP contribution in [0.4, 0.5) is 17.5 Å². The first-order valence-corrected chi connectivity index (χ1v) is 8.61. The molecule has 5 rings (SSSR count). The molecule has 4 aromatic rings. The highest BCUT2D eigenvalue weighted by molar-refractivity contribution is 5.77. The molecule has 26 heavy (non-hydrogen) atoms. The Hall–Kier alpha value is -3.20. The van der Waals surface area contributed by atoms with Gasteiger partial charge in [0.25, 0.3) is 0 Å². The molecule has 1 aliphatic heterocycles. The minimum absolute atomic E-state index is 0. The van der Waals surface area contributed by atoms with E-state index in [1.165, 1.54) is 0 Å². The fourth-order valence-corrected chi connectivity index (χ4v) is 3.15. The Bertz CT molecular complexity index is 1060. The molecular formula is C17H20N8O. The van der Waals surface area contributed by atoms with Crippen molar-refractivity contribution in [1.29, 1.82) is 0 Å². The summed E-state index contributed by atoms with van der Waals surface area (Å²) in [5, 5.41) is 18.2. The minimum atomic E-state index is 0. The van der Waals surface area contributed by atoms with Crippen LogP contribution < -0.4 is 10.6 Å². The Labute approximate surface area is 150 Å². The van der Waals surface area contributed by atoms with Gasteiger partial charge in [0, 0.05) is 20.7 Å². The summed E-state index contributed by atoms with van der Waals surface area (Å²) in [6.07, 6.45) is 5.42. The Kier molecular flexibility index (Phi) is 3.64. The minimum Gasteiger partial charge on any atom is -0.381 e. The Morgan fingerprint density at radius 2 is 2.15 bits per heavy atom. The van der Waals surface area contributed by atoms with Crippen molar-refractivity contribution in [1.82, 2.24) is 29.8 Å². The molecule has 0 radical (unpaired) electrons. The van der Waals surface area contributed by atoms with Gasteiger partial charge in [-0.1, -0.05) is 6.07 Å². The topological polar surface area (TPSA) is 105 Å².